The summed E-state index contributed by atoms with van der Waals surface area (Å²) in [7, 11) is 0. The van der Waals surface area contributed by atoms with Crippen LogP contribution in [0.5, 0.6) is 0 Å². The molecule has 0 spiro atoms. The van der Waals surface area contributed by atoms with Gasteiger partial charge < -0.3 is 5.32 Å². The van der Waals surface area contributed by atoms with Crippen molar-refractivity contribution < 1.29 is 8.78 Å². The number of unbranched alkanes of at least 4 members (excludes halogenated alkanes) is 1. The Kier molecular flexibility index (Phi) is 6.52. The molecule has 0 unspecified atom stereocenters. The van der Waals surface area contributed by atoms with Crippen LogP contribution < -0.4 is 5.32 Å². The maximum absolute atomic E-state index is 13.7. The second kappa shape index (κ2) is 7.67. The van der Waals surface area contributed by atoms with E-state index in [1.54, 1.807) is 0 Å². The summed E-state index contributed by atoms with van der Waals surface area (Å²) in [5.74, 6) is -0.130. The van der Waals surface area contributed by atoms with E-state index in [-0.39, 0.29) is 4.90 Å². The highest BCUT2D eigenvalue weighted by atomic mass is 32.2. The smallest absolute Gasteiger partial charge is 0.140 e. The Balaban J connectivity index is 2.72. The number of rotatable bonds is 7. The van der Waals surface area contributed by atoms with E-state index in [1.807, 2.05) is 6.92 Å². The van der Waals surface area contributed by atoms with Crippen molar-refractivity contribution in [2.45, 2.75) is 38.1 Å². The number of hydrogen-bond acceptors (Lipinski definition) is 2. The Morgan fingerprint density at radius 1 is 1.18 bits per heavy atom. The molecule has 0 saturated heterocycles. The highest BCUT2D eigenvalue weighted by Crippen LogP contribution is 2.27. The first-order valence-electron chi connectivity index (χ1n) is 6.00. The molecule has 0 aromatic heterocycles. The molecule has 1 aromatic carbocycles. The fourth-order valence-electron chi connectivity index (χ4n) is 1.44. The van der Waals surface area contributed by atoms with Gasteiger partial charge in [-0.3, -0.25) is 0 Å². The zero-order valence-corrected chi connectivity index (χ0v) is 11.2. The minimum atomic E-state index is -0.445. The molecule has 1 rings (SSSR count). The molecule has 17 heavy (non-hydrogen) atoms. The van der Waals surface area contributed by atoms with Gasteiger partial charge in [-0.15, -0.1) is 11.8 Å². The van der Waals surface area contributed by atoms with Crippen LogP contribution in [0.25, 0.3) is 0 Å². The highest BCUT2D eigenvalue weighted by Gasteiger charge is 2.11. The van der Waals surface area contributed by atoms with Crippen molar-refractivity contribution in [1.82, 2.24) is 5.32 Å². The summed E-state index contributed by atoms with van der Waals surface area (Å²) in [6.45, 7) is 5.31. The van der Waals surface area contributed by atoms with Crippen LogP contribution in [0.15, 0.2) is 17.0 Å². The molecule has 0 radical (unpaired) electrons. The third kappa shape index (κ3) is 4.64. The Labute approximate surface area is 106 Å². The van der Waals surface area contributed by atoms with Crippen molar-refractivity contribution in [2.75, 3.05) is 12.3 Å². The molecule has 96 valence electrons. The van der Waals surface area contributed by atoms with Gasteiger partial charge in [-0.2, -0.15) is 0 Å². The van der Waals surface area contributed by atoms with Crippen molar-refractivity contribution >= 4 is 11.8 Å². The standard InChI is InChI=1S/C13H19F2NS/c1-3-5-6-17-13-11(14)7-10(8-12(13)15)9-16-4-2/h7-8,16H,3-6,9H2,1-2H3. The van der Waals surface area contributed by atoms with Gasteiger partial charge in [0.2, 0.25) is 0 Å². The number of benzene rings is 1. The van der Waals surface area contributed by atoms with Crippen LogP contribution >= 0.6 is 11.8 Å². The summed E-state index contributed by atoms with van der Waals surface area (Å²) in [6.07, 6.45) is 2.01. The van der Waals surface area contributed by atoms with E-state index in [0.29, 0.717) is 12.1 Å². The second-order valence-electron chi connectivity index (χ2n) is 3.87. The van der Waals surface area contributed by atoms with Crippen LogP contribution in [-0.2, 0) is 6.54 Å². The molecule has 1 nitrogen and oxygen atoms in total. The van der Waals surface area contributed by atoms with Crippen LogP contribution in [0.3, 0.4) is 0 Å². The minimum Gasteiger partial charge on any atom is -0.313 e. The highest BCUT2D eigenvalue weighted by molar-refractivity contribution is 7.99. The normalized spacial score (nSPS) is 10.8. The van der Waals surface area contributed by atoms with Gasteiger partial charge >= 0.3 is 0 Å². The maximum Gasteiger partial charge on any atom is 0.140 e. The largest absolute Gasteiger partial charge is 0.313 e. The topological polar surface area (TPSA) is 12.0 Å². The number of hydrogen-bond donors (Lipinski definition) is 1. The zero-order valence-electron chi connectivity index (χ0n) is 10.4. The fourth-order valence-corrected chi connectivity index (χ4v) is 2.47. The van der Waals surface area contributed by atoms with Crippen LogP contribution in [0.4, 0.5) is 8.78 Å². The van der Waals surface area contributed by atoms with Gasteiger partial charge in [0.05, 0.1) is 4.90 Å². The summed E-state index contributed by atoms with van der Waals surface area (Å²) < 4.78 is 27.4. The first-order valence-corrected chi connectivity index (χ1v) is 6.99. The summed E-state index contributed by atoms with van der Waals surface area (Å²) in [5, 5.41) is 3.05. The lowest BCUT2D eigenvalue weighted by Gasteiger charge is -2.08. The Morgan fingerprint density at radius 3 is 2.35 bits per heavy atom. The molecule has 0 fully saturated rings. The summed E-state index contributed by atoms with van der Waals surface area (Å²) in [5.41, 5.74) is 0.654. The van der Waals surface area contributed by atoms with E-state index in [4.69, 9.17) is 0 Å². The van der Waals surface area contributed by atoms with Crippen LogP contribution in [0, 0.1) is 11.6 Å². The molecular weight excluding hydrogens is 240 g/mol. The fraction of sp³-hybridized carbons (Fsp3) is 0.538. The minimum absolute atomic E-state index is 0.152. The van der Waals surface area contributed by atoms with E-state index in [0.717, 1.165) is 25.1 Å². The van der Waals surface area contributed by atoms with Crippen molar-refractivity contribution in [3.05, 3.63) is 29.3 Å². The van der Waals surface area contributed by atoms with Gasteiger partial charge in [0.1, 0.15) is 11.6 Å². The van der Waals surface area contributed by atoms with Crippen molar-refractivity contribution in [2.24, 2.45) is 0 Å². The van der Waals surface area contributed by atoms with Gasteiger partial charge in [-0.25, -0.2) is 8.78 Å². The van der Waals surface area contributed by atoms with Crippen LogP contribution in [0.1, 0.15) is 32.3 Å². The molecule has 0 amide bonds. The third-order valence-corrected chi connectivity index (χ3v) is 3.55. The van der Waals surface area contributed by atoms with E-state index in [1.165, 1.54) is 23.9 Å². The predicted molar refractivity (Wildman–Crippen MR) is 69.4 cm³/mol. The van der Waals surface area contributed by atoms with Crippen molar-refractivity contribution in [3.8, 4) is 0 Å². The number of thioether (sulfide) groups is 1. The van der Waals surface area contributed by atoms with Crippen LogP contribution in [0.2, 0.25) is 0 Å². The van der Waals surface area contributed by atoms with Crippen LogP contribution in [-0.4, -0.2) is 12.3 Å². The molecule has 0 bridgehead atoms. The lowest BCUT2D eigenvalue weighted by molar-refractivity contribution is 0.535. The monoisotopic (exact) mass is 259 g/mol. The maximum atomic E-state index is 13.7. The van der Waals surface area contributed by atoms with Gasteiger partial charge in [0.25, 0.3) is 0 Å². The van der Waals surface area contributed by atoms with E-state index in [9.17, 15) is 8.78 Å². The Hall–Kier alpha value is -0.610. The molecule has 4 heteroatoms. The summed E-state index contributed by atoms with van der Waals surface area (Å²) in [4.78, 5) is 0.152. The molecule has 0 aliphatic rings. The second-order valence-corrected chi connectivity index (χ2v) is 4.98. The molecule has 0 atom stereocenters. The average molecular weight is 259 g/mol. The number of nitrogens with one attached hydrogen (secondary N) is 1. The van der Waals surface area contributed by atoms with Gasteiger partial charge in [0.15, 0.2) is 0 Å². The van der Waals surface area contributed by atoms with E-state index < -0.39 is 11.6 Å². The van der Waals surface area contributed by atoms with E-state index in [2.05, 4.69) is 12.2 Å². The average Bonchev–Trinajstić information content (AvgIpc) is 2.30. The summed E-state index contributed by atoms with van der Waals surface area (Å²) in [6, 6.07) is 2.83. The molecular formula is C13H19F2NS. The molecule has 0 heterocycles. The lowest BCUT2D eigenvalue weighted by Crippen LogP contribution is -2.12. The van der Waals surface area contributed by atoms with Crippen molar-refractivity contribution in [1.29, 1.82) is 0 Å². The van der Waals surface area contributed by atoms with Gasteiger partial charge in [-0.05, 0) is 36.4 Å². The number of halogens is 2. The molecule has 1 N–H and O–H groups in total. The Bertz CT molecular complexity index is 332. The Morgan fingerprint density at radius 2 is 1.82 bits per heavy atom. The molecule has 0 saturated carbocycles. The molecule has 0 aliphatic carbocycles. The zero-order chi connectivity index (χ0) is 12.7. The predicted octanol–water partition coefficient (Wildman–Crippen LogP) is 3.97. The SMILES string of the molecule is CCCCSc1c(F)cc(CNCC)cc1F. The first-order chi connectivity index (χ1) is 8.19. The van der Waals surface area contributed by atoms with Crippen molar-refractivity contribution in [3.63, 3.8) is 0 Å². The third-order valence-electron chi connectivity index (χ3n) is 2.38. The molecule has 1 aromatic rings. The lowest BCUT2D eigenvalue weighted by atomic mass is 10.2. The van der Waals surface area contributed by atoms with Gasteiger partial charge in [-0.1, -0.05) is 20.3 Å². The van der Waals surface area contributed by atoms with Gasteiger partial charge in [0, 0.05) is 6.54 Å². The quantitative estimate of drug-likeness (QED) is 0.587. The molecule has 0 aliphatic heterocycles. The summed E-state index contributed by atoms with van der Waals surface area (Å²) >= 11 is 1.26. The van der Waals surface area contributed by atoms with E-state index >= 15 is 0 Å². The first kappa shape index (κ1) is 14.5.